The van der Waals surface area contributed by atoms with Gasteiger partial charge in [0.1, 0.15) is 0 Å². The van der Waals surface area contributed by atoms with Crippen molar-refractivity contribution in [2.24, 2.45) is 16.8 Å². The molecular formula is C23H43N5O. The van der Waals surface area contributed by atoms with Crippen LogP contribution < -0.4 is 10.6 Å². The minimum atomic E-state index is 0.285. The van der Waals surface area contributed by atoms with E-state index in [1.165, 1.54) is 45.2 Å². The molecule has 29 heavy (non-hydrogen) atoms. The topological polar surface area (TPSA) is 60.0 Å². The third-order valence-corrected chi connectivity index (χ3v) is 6.75. The molecule has 2 heterocycles. The fourth-order valence-electron chi connectivity index (χ4n) is 5.21. The van der Waals surface area contributed by atoms with Crippen molar-refractivity contribution in [1.82, 2.24) is 20.4 Å². The van der Waals surface area contributed by atoms with Crippen LogP contribution in [0.2, 0.25) is 0 Å². The number of rotatable bonds is 8. The van der Waals surface area contributed by atoms with Crippen molar-refractivity contribution in [1.29, 1.82) is 0 Å². The van der Waals surface area contributed by atoms with E-state index in [4.69, 9.17) is 4.99 Å². The number of likely N-dealkylation sites (tertiary alicyclic amines) is 2. The summed E-state index contributed by atoms with van der Waals surface area (Å²) in [5, 5.41) is 7.04. The predicted molar refractivity (Wildman–Crippen MR) is 120 cm³/mol. The first-order chi connectivity index (χ1) is 14.1. The van der Waals surface area contributed by atoms with Crippen molar-refractivity contribution < 1.29 is 4.79 Å². The zero-order valence-electron chi connectivity index (χ0n) is 19.0. The Bertz CT molecular complexity index is 537. The number of nitrogens with one attached hydrogen (secondary N) is 2. The van der Waals surface area contributed by atoms with E-state index in [9.17, 15) is 4.79 Å². The molecule has 2 atom stereocenters. The third kappa shape index (κ3) is 6.59. The summed E-state index contributed by atoms with van der Waals surface area (Å²) >= 11 is 0. The van der Waals surface area contributed by atoms with E-state index in [0.29, 0.717) is 23.9 Å². The summed E-state index contributed by atoms with van der Waals surface area (Å²) in [7, 11) is 0. The Morgan fingerprint density at radius 2 is 1.79 bits per heavy atom. The molecule has 1 aliphatic carbocycles. The summed E-state index contributed by atoms with van der Waals surface area (Å²) < 4.78 is 0. The lowest BCUT2D eigenvalue weighted by Crippen LogP contribution is -2.46. The number of hydrogen-bond donors (Lipinski definition) is 2. The molecule has 0 aromatic carbocycles. The van der Waals surface area contributed by atoms with Gasteiger partial charge in [-0.05, 0) is 64.5 Å². The second-order valence-electron chi connectivity index (χ2n) is 9.64. The summed E-state index contributed by atoms with van der Waals surface area (Å²) in [6.45, 7) is 12.6. The summed E-state index contributed by atoms with van der Waals surface area (Å²) in [6, 6.07) is 0.852. The van der Waals surface area contributed by atoms with Crippen LogP contribution >= 0.6 is 0 Å². The number of aliphatic imine (C=N–C) groups is 1. The van der Waals surface area contributed by atoms with Crippen molar-refractivity contribution in [3.05, 3.63) is 0 Å². The van der Waals surface area contributed by atoms with Gasteiger partial charge in [0.25, 0.3) is 0 Å². The maximum Gasteiger partial charge on any atom is 0.225 e. The molecule has 2 saturated heterocycles. The Balaban J connectivity index is 1.53. The molecule has 1 amide bonds. The molecule has 0 aromatic rings. The van der Waals surface area contributed by atoms with Crippen LogP contribution in [0.25, 0.3) is 0 Å². The van der Waals surface area contributed by atoms with Crippen LogP contribution in [0.3, 0.4) is 0 Å². The van der Waals surface area contributed by atoms with Gasteiger partial charge < -0.3 is 15.5 Å². The highest BCUT2D eigenvalue weighted by molar-refractivity contribution is 5.81. The largest absolute Gasteiger partial charge is 0.357 e. The molecule has 0 radical (unpaired) electrons. The highest BCUT2D eigenvalue weighted by Gasteiger charge is 2.32. The smallest absolute Gasteiger partial charge is 0.225 e. The van der Waals surface area contributed by atoms with Gasteiger partial charge in [-0.3, -0.25) is 14.7 Å². The lowest BCUT2D eigenvalue weighted by molar-refractivity contribution is -0.134. The van der Waals surface area contributed by atoms with Gasteiger partial charge in [0, 0.05) is 37.6 Å². The van der Waals surface area contributed by atoms with Gasteiger partial charge in [0.2, 0.25) is 5.91 Å². The first kappa shape index (κ1) is 22.4. The predicted octanol–water partition coefficient (Wildman–Crippen LogP) is 2.84. The van der Waals surface area contributed by atoms with Crippen LogP contribution in [0.15, 0.2) is 4.99 Å². The number of carbonyl (C=O) groups is 1. The molecule has 2 aliphatic heterocycles. The Hall–Kier alpha value is -1.30. The van der Waals surface area contributed by atoms with Gasteiger partial charge in [0.05, 0.1) is 6.54 Å². The lowest BCUT2D eigenvalue weighted by atomic mass is 10.0. The van der Waals surface area contributed by atoms with E-state index in [2.05, 4.69) is 41.2 Å². The SMILES string of the molecule is CCNC(=NCC(CC(C)C)N1CCCC1)NC1CCN(C(=O)C2CCCC2)C1. The zero-order chi connectivity index (χ0) is 20.6. The number of hydrogen-bond acceptors (Lipinski definition) is 3. The van der Waals surface area contributed by atoms with Crippen LogP contribution in [0, 0.1) is 11.8 Å². The molecule has 3 aliphatic rings. The van der Waals surface area contributed by atoms with E-state index in [0.717, 1.165) is 51.4 Å². The molecular weight excluding hydrogens is 362 g/mol. The molecule has 0 spiro atoms. The Morgan fingerprint density at radius 1 is 1.07 bits per heavy atom. The molecule has 0 bridgehead atoms. The molecule has 1 saturated carbocycles. The van der Waals surface area contributed by atoms with E-state index >= 15 is 0 Å². The third-order valence-electron chi connectivity index (χ3n) is 6.75. The van der Waals surface area contributed by atoms with Gasteiger partial charge >= 0.3 is 0 Å². The molecule has 3 fully saturated rings. The van der Waals surface area contributed by atoms with Crippen molar-refractivity contribution in [3.63, 3.8) is 0 Å². The first-order valence-electron chi connectivity index (χ1n) is 12.1. The fraction of sp³-hybridized carbons (Fsp3) is 0.913. The van der Waals surface area contributed by atoms with Crippen LogP contribution in [0.1, 0.15) is 72.1 Å². The van der Waals surface area contributed by atoms with Crippen LogP contribution in [0.5, 0.6) is 0 Å². The minimum Gasteiger partial charge on any atom is -0.357 e. The van der Waals surface area contributed by atoms with Crippen molar-refractivity contribution >= 4 is 11.9 Å². The molecule has 6 nitrogen and oxygen atoms in total. The zero-order valence-corrected chi connectivity index (χ0v) is 19.0. The fourth-order valence-corrected chi connectivity index (χ4v) is 5.21. The highest BCUT2D eigenvalue weighted by atomic mass is 16.2. The van der Waals surface area contributed by atoms with Gasteiger partial charge in [-0.2, -0.15) is 0 Å². The minimum absolute atomic E-state index is 0.285. The Morgan fingerprint density at radius 3 is 2.45 bits per heavy atom. The first-order valence-corrected chi connectivity index (χ1v) is 12.1. The summed E-state index contributed by atoms with van der Waals surface area (Å²) in [5.41, 5.74) is 0. The van der Waals surface area contributed by atoms with Crippen LogP contribution in [0.4, 0.5) is 0 Å². The van der Waals surface area contributed by atoms with Gasteiger partial charge in [-0.25, -0.2) is 0 Å². The normalized spacial score (nSPS) is 25.2. The molecule has 3 rings (SSSR count). The van der Waals surface area contributed by atoms with Crippen molar-refractivity contribution in [2.45, 2.75) is 84.2 Å². The summed E-state index contributed by atoms with van der Waals surface area (Å²) in [5.74, 6) is 2.28. The molecule has 2 unspecified atom stereocenters. The molecule has 166 valence electrons. The summed E-state index contributed by atoms with van der Waals surface area (Å²) in [4.78, 5) is 22.4. The van der Waals surface area contributed by atoms with E-state index < -0.39 is 0 Å². The monoisotopic (exact) mass is 405 g/mol. The summed E-state index contributed by atoms with van der Waals surface area (Å²) in [6.07, 6.45) is 9.49. The number of guanidine groups is 1. The van der Waals surface area contributed by atoms with Gasteiger partial charge in [-0.15, -0.1) is 0 Å². The maximum absolute atomic E-state index is 12.7. The maximum atomic E-state index is 12.7. The van der Waals surface area contributed by atoms with Crippen LogP contribution in [-0.2, 0) is 4.79 Å². The van der Waals surface area contributed by atoms with Crippen molar-refractivity contribution in [3.8, 4) is 0 Å². The van der Waals surface area contributed by atoms with Crippen molar-refractivity contribution in [2.75, 3.05) is 39.3 Å². The highest BCUT2D eigenvalue weighted by Crippen LogP contribution is 2.27. The average Bonchev–Trinajstić information content (AvgIpc) is 3.47. The lowest BCUT2D eigenvalue weighted by Gasteiger charge is -2.28. The van der Waals surface area contributed by atoms with Crippen LogP contribution in [-0.4, -0.2) is 73.0 Å². The number of amides is 1. The molecule has 0 aromatic heterocycles. The Labute approximate surface area is 177 Å². The second-order valence-corrected chi connectivity index (χ2v) is 9.64. The Kier molecular flexibility index (Phi) is 8.64. The quantitative estimate of drug-likeness (QED) is 0.482. The number of carbonyl (C=O) groups excluding carboxylic acids is 1. The number of nitrogens with zero attached hydrogens (tertiary/aromatic N) is 3. The van der Waals surface area contributed by atoms with E-state index in [1.54, 1.807) is 0 Å². The van der Waals surface area contributed by atoms with E-state index in [1.807, 2.05) is 0 Å². The average molecular weight is 406 g/mol. The van der Waals surface area contributed by atoms with Gasteiger partial charge in [-0.1, -0.05) is 26.7 Å². The second kappa shape index (κ2) is 11.2. The molecule has 6 heteroatoms. The molecule has 2 N–H and O–H groups in total. The standard InChI is InChI=1S/C23H43N5O/c1-4-24-23(25-16-21(15-18(2)3)27-12-7-8-13-27)26-20-11-14-28(17-20)22(29)19-9-5-6-10-19/h18-21H,4-17H2,1-3H3,(H2,24,25,26). The van der Waals surface area contributed by atoms with E-state index in [-0.39, 0.29) is 5.92 Å². The van der Waals surface area contributed by atoms with Gasteiger partial charge in [0.15, 0.2) is 5.96 Å².